The number of hydrogen-bond donors (Lipinski definition) is 0. The number of rotatable bonds is 5. The maximum atomic E-state index is 12.0. The topological polar surface area (TPSA) is 72.9 Å². The van der Waals surface area contributed by atoms with E-state index >= 15 is 0 Å². The summed E-state index contributed by atoms with van der Waals surface area (Å²) < 4.78 is 9.73. The monoisotopic (exact) mass is 289 g/mol. The highest BCUT2D eigenvalue weighted by molar-refractivity contribution is 6.05. The fraction of sp³-hybridized carbons (Fsp3) is 0.267. The van der Waals surface area contributed by atoms with Crippen molar-refractivity contribution in [2.45, 2.75) is 6.92 Å². The smallest absolute Gasteiger partial charge is 0.415 e. The standard InChI is InChI=1S/C15H15NO5/c1-2-20-14(18)10-16-9-12(21-15(16)19)8-13(17)11-6-4-3-5-7-11/h3-8H,2,9-10H2,1H3/b12-8+. The Morgan fingerprint density at radius 1 is 1.33 bits per heavy atom. The van der Waals surface area contributed by atoms with Gasteiger partial charge in [0.05, 0.1) is 13.2 Å². The molecule has 0 saturated carbocycles. The van der Waals surface area contributed by atoms with Gasteiger partial charge in [0.2, 0.25) is 0 Å². The summed E-state index contributed by atoms with van der Waals surface area (Å²) in [5.74, 6) is -0.542. The Morgan fingerprint density at radius 3 is 2.71 bits per heavy atom. The van der Waals surface area contributed by atoms with E-state index in [0.717, 1.165) is 0 Å². The Hall–Kier alpha value is -2.63. The van der Waals surface area contributed by atoms with Crippen LogP contribution in [0.1, 0.15) is 17.3 Å². The normalized spacial score (nSPS) is 16.0. The van der Waals surface area contributed by atoms with E-state index in [2.05, 4.69) is 0 Å². The molecule has 0 aliphatic carbocycles. The second-order valence-corrected chi connectivity index (χ2v) is 4.37. The molecule has 0 N–H and O–H groups in total. The minimum atomic E-state index is -0.657. The third kappa shape index (κ3) is 3.92. The van der Waals surface area contributed by atoms with Gasteiger partial charge < -0.3 is 9.47 Å². The van der Waals surface area contributed by atoms with Crippen molar-refractivity contribution in [2.75, 3.05) is 19.7 Å². The molecule has 2 rings (SSSR count). The molecular weight excluding hydrogens is 274 g/mol. The Bertz CT molecular complexity index is 579. The summed E-state index contributed by atoms with van der Waals surface area (Å²) >= 11 is 0. The third-order valence-corrected chi connectivity index (χ3v) is 2.80. The Labute approximate surface area is 121 Å². The highest BCUT2D eigenvalue weighted by atomic mass is 16.6. The lowest BCUT2D eigenvalue weighted by Gasteiger charge is -2.09. The first kappa shape index (κ1) is 14.8. The van der Waals surface area contributed by atoms with E-state index in [4.69, 9.17) is 9.47 Å². The molecule has 1 aliphatic rings. The van der Waals surface area contributed by atoms with Gasteiger partial charge in [-0.3, -0.25) is 14.5 Å². The molecule has 0 atom stereocenters. The maximum Gasteiger partial charge on any atom is 0.415 e. The van der Waals surface area contributed by atoms with Gasteiger partial charge in [-0.05, 0) is 6.92 Å². The quantitative estimate of drug-likeness (QED) is 0.469. The van der Waals surface area contributed by atoms with Crippen LogP contribution in [0.2, 0.25) is 0 Å². The first-order valence-corrected chi connectivity index (χ1v) is 6.52. The van der Waals surface area contributed by atoms with E-state index in [9.17, 15) is 14.4 Å². The number of allylic oxidation sites excluding steroid dienone is 1. The van der Waals surface area contributed by atoms with Gasteiger partial charge in [0, 0.05) is 11.6 Å². The van der Waals surface area contributed by atoms with E-state index in [-0.39, 0.29) is 31.2 Å². The number of cyclic esters (lactones) is 1. The van der Waals surface area contributed by atoms with Crippen molar-refractivity contribution in [3.05, 3.63) is 47.7 Å². The second kappa shape index (κ2) is 6.69. The van der Waals surface area contributed by atoms with E-state index in [1.807, 2.05) is 0 Å². The van der Waals surface area contributed by atoms with Gasteiger partial charge in [0.25, 0.3) is 0 Å². The SMILES string of the molecule is CCOC(=O)CN1C/C(=C\C(=O)c2ccccc2)OC1=O. The van der Waals surface area contributed by atoms with Crippen LogP contribution in [0.5, 0.6) is 0 Å². The summed E-state index contributed by atoms with van der Waals surface area (Å²) in [6, 6.07) is 8.65. The van der Waals surface area contributed by atoms with E-state index < -0.39 is 12.1 Å². The molecule has 6 heteroatoms. The number of carbonyl (C=O) groups is 3. The van der Waals surface area contributed by atoms with E-state index in [1.165, 1.54) is 11.0 Å². The summed E-state index contributed by atoms with van der Waals surface area (Å²) in [6.45, 7) is 1.82. The fourth-order valence-electron chi connectivity index (χ4n) is 1.85. The maximum absolute atomic E-state index is 12.0. The number of hydrogen-bond acceptors (Lipinski definition) is 5. The molecule has 0 unspecified atom stereocenters. The van der Waals surface area contributed by atoms with E-state index in [1.54, 1.807) is 37.3 Å². The second-order valence-electron chi connectivity index (χ2n) is 4.37. The molecule has 0 spiro atoms. The van der Waals surface area contributed by atoms with Gasteiger partial charge in [0.1, 0.15) is 12.3 Å². The zero-order valence-corrected chi connectivity index (χ0v) is 11.6. The molecule has 0 radical (unpaired) electrons. The molecule has 1 aliphatic heterocycles. The van der Waals surface area contributed by atoms with Crippen LogP contribution >= 0.6 is 0 Å². The molecule has 0 aromatic heterocycles. The van der Waals surface area contributed by atoms with Gasteiger partial charge in [-0.2, -0.15) is 0 Å². The summed E-state index contributed by atoms with van der Waals surface area (Å²) in [5.41, 5.74) is 0.505. The number of esters is 1. The molecule has 6 nitrogen and oxygen atoms in total. The van der Waals surface area contributed by atoms with Crippen molar-refractivity contribution in [3.8, 4) is 0 Å². The van der Waals surface area contributed by atoms with Crippen molar-refractivity contribution < 1.29 is 23.9 Å². The van der Waals surface area contributed by atoms with Crippen molar-refractivity contribution in [3.63, 3.8) is 0 Å². The molecule has 110 valence electrons. The van der Waals surface area contributed by atoms with Crippen molar-refractivity contribution in [2.24, 2.45) is 0 Å². The average molecular weight is 289 g/mol. The lowest BCUT2D eigenvalue weighted by atomic mass is 10.1. The van der Waals surface area contributed by atoms with Gasteiger partial charge in [0.15, 0.2) is 5.78 Å². The lowest BCUT2D eigenvalue weighted by Crippen LogP contribution is -2.31. The Kier molecular flexibility index (Phi) is 4.71. The van der Waals surface area contributed by atoms with Crippen molar-refractivity contribution >= 4 is 17.8 Å². The van der Waals surface area contributed by atoms with Gasteiger partial charge in [-0.15, -0.1) is 0 Å². The Morgan fingerprint density at radius 2 is 2.05 bits per heavy atom. The van der Waals surface area contributed by atoms with Crippen molar-refractivity contribution in [1.29, 1.82) is 0 Å². The summed E-state index contributed by atoms with van der Waals surface area (Å²) in [6.07, 6.45) is 0.605. The third-order valence-electron chi connectivity index (χ3n) is 2.80. The Balaban J connectivity index is 2.00. The number of ether oxygens (including phenoxy) is 2. The van der Waals surface area contributed by atoms with Crippen LogP contribution in [-0.2, 0) is 14.3 Å². The number of nitrogens with zero attached hydrogens (tertiary/aromatic N) is 1. The molecule has 1 amide bonds. The van der Waals surface area contributed by atoms with E-state index in [0.29, 0.717) is 5.56 Å². The first-order chi connectivity index (χ1) is 10.1. The first-order valence-electron chi connectivity index (χ1n) is 6.52. The van der Waals surface area contributed by atoms with Crippen molar-refractivity contribution in [1.82, 2.24) is 4.90 Å². The van der Waals surface area contributed by atoms with Crippen LogP contribution in [0.25, 0.3) is 0 Å². The summed E-state index contributed by atoms with van der Waals surface area (Å²) in [5, 5.41) is 0. The van der Waals surface area contributed by atoms with Crippen LogP contribution in [-0.4, -0.2) is 42.4 Å². The predicted molar refractivity (Wildman–Crippen MR) is 73.5 cm³/mol. The molecule has 1 aromatic carbocycles. The largest absolute Gasteiger partial charge is 0.465 e. The van der Waals surface area contributed by atoms with Crippen LogP contribution in [0, 0.1) is 0 Å². The minimum absolute atomic E-state index is 0.0796. The highest BCUT2D eigenvalue weighted by Crippen LogP contribution is 2.15. The molecule has 0 bridgehead atoms. The molecule has 1 heterocycles. The molecule has 1 aromatic rings. The zero-order valence-electron chi connectivity index (χ0n) is 11.6. The highest BCUT2D eigenvalue weighted by Gasteiger charge is 2.29. The van der Waals surface area contributed by atoms with Gasteiger partial charge in [-0.1, -0.05) is 30.3 Å². The average Bonchev–Trinajstić information content (AvgIpc) is 2.80. The number of ketones is 1. The van der Waals surface area contributed by atoms with Crippen LogP contribution < -0.4 is 0 Å². The van der Waals surface area contributed by atoms with Crippen LogP contribution in [0.4, 0.5) is 4.79 Å². The lowest BCUT2D eigenvalue weighted by molar-refractivity contribution is -0.143. The molecule has 1 saturated heterocycles. The summed E-state index contributed by atoms with van der Waals surface area (Å²) in [7, 11) is 0. The zero-order chi connectivity index (χ0) is 15.2. The number of benzene rings is 1. The van der Waals surface area contributed by atoms with Crippen LogP contribution in [0.3, 0.4) is 0 Å². The molecule has 1 fully saturated rings. The predicted octanol–water partition coefficient (Wildman–Crippen LogP) is 1.77. The number of amides is 1. The molecule has 21 heavy (non-hydrogen) atoms. The van der Waals surface area contributed by atoms with Gasteiger partial charge in [-0.25, -0.2) is 4.79 Å². The van der Waals surface area contributed by atoms with Gasteiger partial charge >= 0.3 is 12.1 Å². The fourth-order valence-corrected chi connectivity index (χ4v) is 1.85. The number of carbonyl (C=O) groups excluding carboxylic acids is 3. The summed E-state index contributed by atoms with van der Waals surface area (Å²) in [4.78, 5) is 36.1. The molecular formula is C15H15NO5. The van der Waals surface area contributed by atoms with Crippen LogP contribution in [0.15, 0.2) is 42.2 Å². The minimum Gasteiger partial charge on any atom is -0.465 e.